The number of hydrogen-bond acceptors (Lipinski definition) is 2. The topological polar surface area (TPSA) is 46.2 Å². The van der Waals surface area contributed by atoms with Crippen molar-refractivity contribution in [2.24, 2.45) is 5.73 Å². The smallest absolute Gasteiger partial charge is 0.417 e. The molecule has 0 aliphatic rings. The molecule has 0 spiro atoms. The van der Waals surface area contributed by atoms with Crippen LogP contribution < -0.4 is 5.73 Å². The number of nitrogens with two attached hydrogens (primary N) is 1. The highest BCUT2D eigenvalue weighted by atomic mass is 19.4. The molecule has 86 valence electrons. The minimum Gasteiger partial charge on any atom is -0.508 e. The Bertz CT molecular complexity index is 429. The Morgan fingerprint density at radius 3 is 2.56 bits per heavy atom. The number of hydrogen-bond donors (Lipinski definition) is 2. The van der Waals surface area contributed by atoms with Gasteiger partial charge in [0.1, 0.15) is 5.75 Å². The number of alkyl halides is 3. The molecule has 1 aromatic carbocycles. The van der Waals surface area contributed by atoms with Crippen LogP contribution in [0, 0.1) is 11.8 Å². The van der Waals surface area contributed by atoms with Gasteiger partial charge >= 0.3 is 6.18 Å². The Morgan fingerprint density at radius 2 is 2.00 bits per heavy atom. The monoisotopic (exact) mass is 229 g/mol. The van der Waals surface area contributed by atoms with Gasteiger partial charge in [-0.05, 0) is 18.2 Å². The van der Waals surface area contributed by atoms with Crippen molar-refractivity contribution in [1.82, 2.24) is 0 Å². The van der Waals surface area contributed by atoms with Crippen LogP contribution in [0.5, 0.6) is 5.75 Å². The summed E-state index contributed by atoms with van der Waals surface area (Å²) in [5.74, 6) is 4.48. The number of phenolic OH excluding ortho intramolecular Hbond substituents is 1. The molecule has 0 atom stereocenters. The predicted molar refractivity (Wildman–Crippen MR) is 53.7 cm³/mol. The van der Waals surface area contributed by atoms with Gasteiger partial charge in [-0.25, -0.2) is 0 Å². The summed E-state index contributed by atoms with van der Waals surface area (Å²) >= 11 is 0. The molecule has 0 unspecified atom stereocenters. The molecule has 0 fully saturated rings. The maximum absolute atomic E-state index is 12.5. The molecule has 0 heterocycles. The first-order valence-corrected chi connectivity index (χ1v) is 4.54. The van der Waals surface area contributed by atoms with Gasteiger partial charge in [-0.15, -0.1) is 0 Å². The third-order valence-corrected chi connectivity index (χ3v) is 1.80. The van der Waals surface area contributed by atoms with Crippen molar-refractivity contribution in [3.8, 4) is 17.6 Å². The third-order valence-electron chi connectivity index (χ3n) is 1.80. The van der Waals surface area contributed by atoms with Crippen molar-refractivity contribution in [3.63, 3.8) is 0 Å². The maximum Gasteiger partial charge on any atom is 0.417 e. The molecule has 0 radical (unpaired) electrons. The van der Waals surface area contributed by atoms with Gasteiger partial charge in [0.25, 0.3) is 0 Å². The lowest BCUT2D eigenvalue weighted by molar-refractivity contribution is -0.137. The Balaban J connectivity index is 3.15. The molecule has 0 bridgehead atoms. The lowest BCUT2D eigenvalue weighted by Gasteiger charge is -2.09. The first kappa shape index (κ1) is 12.4. The Morgan fingerprint density at radius 1 is 1.31 bits per heavy atom. The van der Waals surface area contributed by atoms with E-state index in [0.717, 1.165) is 6.07 Å². The summed E-state index contributed by atoms with van der Waals surface area (Å²) in [5.41, 5.74) is 4.09. The first-order valence-electron chi connectivity index (χ1n) is 4.54. The van der Waals surface area contributed by atoms with E-state index < -0.39 is 17.5 Å². The van der Waals surface area contributed by atoms with Crippen molar-refractivity contribution in [2.45, 2.75) is 12.6 Å². The van der Waals surface area contributed by atoms with Gasteiger partial charge in [0.05, 0.1) is 5.56 Å². The largest absolute Gasteiger partial charge is 0.508 e. The van der Waals surface area contributed by atoms with E-state index >= 15 is 0 Å². The van der Waals surface area contributed by atoms with Gasteiger partial charge in [-0.3, -0.25) is 0 Å². The Labute approximate surface area is 90.9 Å². The summed E-state index contributed by atoms with van der Waals surface area (Å²) in [6.07, 6.45) is -4.19. The van der Waals surface area contributed by atoms with Crippen LogP contribution >= 0.6 is 0 Å². The van der Waals surface area contributed by atoms with Crippen LogP contribution in [-0.4, -0.2) is 11.7 Å². The molecule has 1 rings (SSSR count). The number of aromatic hydroxyl groups is 1. The van der Waals surface area contributed by atoms with Crippen molar-refractivity contribution in [2.75, 3.05) is 6.54 Å². The molecule has 3 N–H and O–H groups in total. The fourth-order valence-corrected chi connectivity index (χ4v) is 1.11. The minimum absolute atomic E-state index is 0.154. The highest BCUT2D eigenvalue weighted by Crippen LogP contribution is 2.33. The van der Waals surface area contributed by atoms with Gasteiger partial charge in [0.15, 0.2) is 0 Å². The molecule has 0 amide bonds. The fraction of sp³-hybridized carbons (Fsp3) is 0.273. The molecule has 0 aliphatic heterocycles. The number of phenols is 1. The van der Waals surface area contributed by atoms with Crippen LogP contribution in [-0.2, 0) is 6.18 Å². The predicted octanol–water partition coefficient (Wildman–Crippen LogP) is 2.11. The van der Waals surface area contributed by atoms with Crippen molar-refractivity contribution in [1.29, 1.82) is 0 Å². The van der Waals surface area contributed by atoms with Gasteiger partial charge in [0.2, 0.25) is 0 Å². The molecule has 2 nitrogen and oxygen atoms in total. The normalized spacial score (nSPS) is 10.8. The van der Waals surface area contributed by atoms with Crippen LogP contribution in [0.15, 0.2) is 18.2 Å². The molecular formula is C11H10F3NO. The Hall–Kier alpha value is -1.67. The van der Waals surface area contributed by atoms with Crippen LogP contribution in [0.4, 0.5) is 13.2 Å². The zero-order valence-electron chi connectivity index (χ0n) is 8.30. The molecule has 1 aromatic rings. The molecule has 0 aromatic heterocycles. The molecule has 16 heavy (non-hydrogen) atoms. The fourth-order valence-electron chi connectivity index (χ4n) is 1.11. The van der Waals surface area contributed by atoms with Gasteiger partial charge in [-0.2, -0.15) is 13.2 Å². The summed E-state index contributed by atoms with van der Waals surface area (Å²) in [6.45, 7) is 0.298. The second-order valence-corrected chi connectivity index (χ2v) is 3.07. The molecule has 0 aliphatic carbocycles. The summed E-state index contributed by atoms with van der Waals surface area (Å²) in [5, 5.41) is 9.00. The molecular weight excluding hydrogens is 219 g/mol. The highest BCUT2D eigenvalue weighted by Gasteiger charge is 2.33. The summed E-state index contributed by atoms with van der Waals surface area (Å²) < 4.78 is 37.6. The van der Waals surface area contributed by atoms with E-state index in [1.54, 1.807) is 0 Å². The zero-order valence-corrected chi connectivity index (χ0v) is 8.30. The lowest BCUT2D eigenvalue weighted by atomic mass is 10.1. The van der Waals surface area contributed by atoms with E-state index in [4.69, 9.17) is 10.8 Å². The van der Waals surface area contributed by atoms with Crippen LogP contribution in [0.1, 0.15) is 17.5 Å². The van der Waals surface area contributed by atoms with Crippen molar-refractivity contribution in [3.05, 3.63) is 29.3 Å². The average Bonchev–Trinajstić information content (AvgIpc) is 2.19. The van der Waals surface area contributed by atoms with E-state index in [9.17, 15) is 13.2 Å². The molecule has 5 heteroatoms. The summed E-state index contributed by atoms with van der Waals surface area (Å²) in [4.78, 5) is 0. The maximum atomic E-state index is 12.5. The minimum atomic E-state index is -4.52. The van der Waals surface area contributed by atoms with Crippen molar-refractivity contribution < 1.29 is 18.3 Å². The summed E-state index contributed by atoms with van der Waals surface area (Å²) in [6, 6.07) is 2.97. The molecule has 0 saturated carbocycles. The Kier molecular flexibility index (Phi) is 3.80. The van der Waals surface area contributed by atoms with Crippen LogP contribution in [0.2, 0.25) is 0 Å². The standard InChI is InChI=1S/C11H10F3NO/c12-11(13,14)10-7-9(16)5-4-8(10)3-1-2-6-15/h4-5,7,16H,2,6,15H2. The first-order chi connectivity index (χ1) is 7.45. The van der Waals surface area contributed by atoms with Crippen LogP contribution in [0.25, 0.3) is 0 Å². The second kappa shape index (κ2) is 4.90. The zero-order chi connectivity index (χ0) is 12.2. The summed E-state index contributed by atoms with van der Waals surface area (Å²) in [7, 11) is 0. The lowest BCUT2D eigenvalue weighted by Crippen LogP contribution is -2.07. The number of halogens is 3. The van der Waals surface area contributed by atoms with E-state index in [1.807, 2.05) is 0 Å². The SMILES string of the molecule is NCCC#Cc1ccc(O)cc1C(F)(F)F. The van der Waals surface area contributed by atoms with Crippen molar-refractivity contribution >= 4 is 0 Å². The van der Waals surface area contributed by atoms with Gasteiger partial charge in [-0.1, -0.05) is 11.8 Å². The third kappa shape index (κ3) is 3.17. The molecule has 0 saturated heterocycles. The van der Waals surface area contributed by atoms with Gasteiger partial charge < -0.3 is 10.8 Å². The second-order valence-electron chi connectivity index (χ2n) is 3.07. The van der Waals surface area contributed by atoms with E-state index in [0.29, 0.717) is 19.0 Å². The van der Waals surface area contributed by atoms with Crippen LogP contribution in [0.3, 0.4) is 0 Å². The van der Waals surface area contributed by atoms with E-state index in [1.165, 1.54) is 6.07 Å². The van der Waals surface area contributed by atoms with E-state index in [2.05, 4.69) is 11.8 Å². The average molecular weight is 229 g/mol. The quantitative estimate of drug-likeness (QED) is 0.724. The van der Waals surface area contributed by atoms with Gasteiger partial charge in [0, 0.05) is 18.5 Å². The van der Waals surface area contributed by atoms with E-state index in [-0.39, 0.29) is 5.56 Å². The number of rotatable bonds is 1. The highest BCUT2D eigenvalue weighted by molar-refractivity contribution is 5.46. The number of benzene rings is 1.